The van der Waals surface area contributed by atoms with Crippen LogP contribution in [0.5, 0.6) is 0 Å². The van der Waals surface area contributed by atoms with Gasteiger partial charge in [-0.2, -0.15) is 0 Å². The van der Waals surface area contributed by atoms with E-state index in [2.05, 4.69) is 29.4 Å². The Labute approximate surface area is 150 Å². The summed E-state index contributed by atoms with van der Waals surface area (Å²) in [5.41, 5.74) is 3.07. The van der Waals surface area contributed by atoms with Crippen LogP contribution in [0.15, 0.2) is 47.8 Å². The molecule has 0 atom stereocenters. The zero-order valence-electron chi connectivity index (χ0n) is 14.1. The lowest BCUT2D eigenvalue weighted by molar-refractivity contribution is 0.585. The molecule has 0 aliphatic carbocycles. The summed E-state index contributed by atoms with van der Waals surface area (Å²) in [5.74, 6) is -1.19. The number of hydrogen-bond donors (Lipinski definition) is 1. The Morgan fingerprint density at radius 3 is 2.56 bits per heavy atom. The van der Waals surface area contributed by atoms with Gasteiger partial charge in [0.25, 0.3) is 0 Å². The molecule has 0 radical (unpaired) electrons. The maximum absolute atomic E-state index is 13.8. The number of hydrogen-bond acceptors (Lipinski definition) is 3. The molecule has 0 unspecified atom stereocenters. The zero-order chi connectivity index (χ0) is 17.6. The fourth-order valence-electron chi connectivity index (χ4n) is 2.61. The molecule has 5 heteroatoms. The summed E-state index contributed by atoms with van der Waals surface area (Å²) < 4.78 is 26.9. The minimum absolute atomic E-state index is 0.303. The van der Waals surface area contributed by atoms with Crippen molar-refractivity contribution in [3.05, 3.63) is 65.0 Å². The van der Waals surface area contributed by atoms with Gasteiger partial charge in [0.15, 0.2) is 5.13 Å². The Bertz CT molecular complexity index is 828. The molecule has 1 N–H and O–H groups in total. The first kappa shape index (κ1) is 17.5. The first-order valence-corrected chi connectivity index (χ1v) is 9.30. The molecule has 0 saturated carbocycles. The van der Waals surface area contributed by atoms with Gasteiger partial charge in [-0.25, -0.2) is 13.8 Å². The van der Waals surface area contributed by atoms with Crippen molar-refractivity contribution >= 4 is 22.2 Å². The van der Waals surface area contributed by atoms with Gasteiger partial charge in [-0.15, -0.1) is 11.3 Å². The molecule has 0 aliphatic rings. The Morgan fingerprint density at radius 2 is 1.84 bits per heavy atom. The third-order valence-corrected chi connectivity index (χ3v) is 4.74. The number of nitrogens with one attached hydrogen (secondary N) is 1. The highest BCUT2D eigenvalue weighted by Crippen LogP contribution is 2.29. The van der Waals surface area contributed by atoms with E-state index in [1.165, 1.54) is 48.3 Å². The van der Waals surface area contributed by atoms with Crippen molar-refractivity contribution in [3.8, 4) is 11.3 Å². The highest BCUT2D eigenvalue weighted by Gasteiger charge is 2.10. The molecule has 1 aromatic heterocycles. The van der Waals surface area contributed by atoms with Crippen LogP contribution >= 0.6 is 11.3 Å². The molecule has 3 aromatic rings. The molecular formula is C20H20F2N2S. The van der Waals surface area contributed by atoms with Crippen molar-refractivity contribution in [1.29, 1.82) is 0 Å². The monoisotopic (exact) mass is 358 g/mol. The first-order valence-electron chi connectivity index (χ1n) is 8.42. The fourth-order valence-corrected chi connectivity index (χ4v) is 3.34. The van der Waals surface area contributed by atoms with E-state index < -0.39 is 11.6 Å². The van der Waals surface area contributed by atoms with Crippen LogP contribution in [0.4, 0.5) is 19.6 Å². The first-order chi connectivity index (χ1) is 12.2. The number of anilines is 2. The maximum atomic E-state index is 13.8. The molecular weight excluding hydrogens is 338 g/mol. The number of unbranched alkanes of at least 4 members (excludes halogenated alkanes) is 2. The van der Waals surface area contributed by atoms with Gasteiger partial charge in [0.05, 0.1) is 5.69 Å². The molecule has 0 saturated heterocycles. The third-order valence-electron chi connectivity index (χ3n) is 3.99. The van der Waals surface area contributed by atoms with Gasteiger partial charge in [0, 0.05) is 22.7 Å². The zero-order valence-corrected chi connectivity index (χ0v) is 14.9. The van der Waals surface area contributed by atoms with E-state index in [1.54, 1.807) is 5.38 Å². The van der Waals surface area contributed by atoms with Crippen molar-refractivity contribution < 1.29 is 8.78 Å². The summed E-state index contributed by atoms with van der Waals surface area (Å²) in [7, 11) is 0. The van der Waals surface area contributed by atoms with Gasteiger partial charge < -0.3 is 5.32 Å². The number of benzene rings is 2. The van der Waals surface area contributed by atoms with E-state index in [9.17, 15) is 8.78 Å². The van der Waals surface area contributed by atoms with Crippen LogP contribution in [0.3, 0.4) is 0 Å². The van der Waals surface area contributed by atoms with Crippen molar-refractivity contribution in [1.82, 2.24) is 4.98 Å². The largest absolute Gasteiger partial charge is 0.332 e. The summed E-state index contributed by atoms with van der Waals surface area (Å²) in [6, 6.07) is 11.8. The fraction of sp³-hybridized carbons (Fsp3) is 0.250. The van der Waals surface area contributed by atoms with Gasteiger partial charge in [-0.3, -0.25) is 0 Å². The minimum atomic E-state index is -0.603. The van der Waals surface area contributed by atoms with Crippen LogP contribution in [0, 0.1) is 11.6 Å². The van der Waals surface area contributed by atoms with E-state index in [4.69, 9.17) is 0 Å². The predicted octanol–water partition coefficient (Wildman–Crippen LogP) is 6.56. The summed E-state index contributed by atoms with van der Waals surface area (Å²) in [6.07, 6.45) is 4.78. The van der Waals surface area contributed by atoms with Crippen LogP contribution < -0.4 is 5.32 Å². The van der Waals surface area contributed by atoms with Gasteiger partial charge in [0.2, 0.25) is 0 Å². The standard InChI is InChI=1S/C20H20F2N2S/c1-2-3-4-5-14-6-9-16(10-7-14)23-20-24-19(13-25-20)17-11-8-15(21)12-18(17)22/h6-13H,2-5H2,1H3,(H,23,24). The smallest absolute Gasteiger partial charge is 0.187 e. The summed E-state index contributed by atoms with van der Waals surface area (Å²) >= 11 is 1.39. The number of nitrogens with zero attached hydrogens (tertiary/aromatic N) is 1. The molecule has 2 nitrogen and oxygen atoms in total. The average molecular weight is 358 g/mol. The molecule has 0 aliphatic heterocycles. The average Bonchev–Trinajstić information content (AvgIpc) is 3.05. The van der Waals surface area contributed by atoms with Crippen molar-refractivity contribution in [2.75, 3.05) is 5.32 Å². The highest BCUT2D eigenvalue weighted by molar-refractivity contribution is 7.14. The van der Waals surface area contributed by atoms with Crippen LogP contribution in [0.25, 0.3) is 11.3 Å². The Balaban J connectivity index is 1.67. The maximum Gasteiger partial charge on any atom is 0.187 e. The minimum Gasteiger partial charge on any atom is -0.332 e. The van der Waals surface area contributed by atoms with Crippen LogP contribution in [0.2, 0.25) is 0 Å². The van der Waals surface area contributed by atoms with Gasteiger partial charge in [-0.05, 0) is 42.7 Å². The van der Waals surface area contributed by atoms with E-state index in [1.807, 2.05) is 12.1 Å². The number of thiazole rings is 1. The van der Waals surface area contributed by atoms with E-state index >= 15 is 0 Å². The van der Waals surface area contributed by atoms with Crippen LogP contribution in [-0.4, -0.2) is 4.98 Å². The summed E-state index contributed by atoms with van der Waals surface area (Å²) in [5, 5.41) is 5.67. The van der Waals surface area contributed by atoms with Crippen molar-refractivity contribution in [2.45, 2.75) is 32.6 Å². The Morgan fingerprint density at radius 1 is 1.04 bits per heavy atom. The SMILES string of the molecule is CCCCCc1ccc(Nc2nc(-c3ccc(F)cc3F)cs2)cc1. The molecule has 130 valence electrons. The van der Waals surface area contributed by atoms with E-state index in [0.717, 1.165) is 18.2 Å². The number of halogens is 2. The van der Waals surface area contributed by atoms with E-state index in [0.29, 0.717) is 16.4 Å². The lowest BCUT2D eigenvalue weighted by Gasteiger charge is -2.05. The van der Waals surface area contributed by atoms with Gasteiger partial charge >= 0.3 is 0 Å². The number of aryl methyl sites for hydroxylation is 1. The molecule has 0 fully saturated rings. The summed E-state index contributed by atoms with van der Waals surface area (Å²) in [4.78, 5) is 4.39. The molecule has 2 aromatic carbocycles. The van der Waals surface area contributed by atoms with Gasteiger partial charge in [-0.1, -0.05) is 31.9 Å². The van der Waals surface area contributed by atoms with Crippen molar-refractivity contribution in [3.63, 3.8) is 0 Å². The molecule has 3 rings (SSSR count). The van der Waals surface area contributed by atoms with Crippen LogP contribution in [-0.2, 0) is 6.42 Å². The van der Waals surface area contributed by atoms with Crippen LogP contribution in [0.1, 0.15) is 31.7 Å². The normalized spacial score (nSPS) is 10.8. The quantitative estimate of drug-likeness (QED) is 0.483. The Hall–Kier alpha value is -2.27. The number of aromatic nitrogens is 1. The second kappa shape index (κ2) is 8.21. The summed E-state index contributed by atoms with van der Waals surface area (Å²) in [6.45, 7) is 2.20. The molecule has 1 heterocycles. The second-order valence-electron chi connectivity index (χ2n) is 5.94. The predicted molar refractivity (Wildman–Crippen MR) is 100 cm³/mol. The molecule has 0 spiro atoms. The molecule has 0 amide bonds. The lowest BCUT2D eigenvalue weighted by Crippen LogP contribution is -1.92. The van der Waals surface area contributed by atoms with E-state index in [-0.39, 0.29) is 0 Å². The second-order valence-corrected chi connectivity index (χ2v) is 6.80. The molecule has 0 bridgehead atoms. The highest BCUT2D eigenvalue weighted by atomic mass is 32.1. The Kier molecular flexibility index (Phi) is 5.76. The third kappa shape index (κ3) is 4.63. The van der Waals surface area contributed by atoms with Gasteiger partial charge in [0.1, 0.15) is 11.6 Å². The van der Waals surface area contributed by atoms with Crippen molar-refractivity contribution in [2.24, 2.45) is 0 Å². The molecule has 25 heavy (non-hydrogen) atoms. The topological polar surface area (TPSA) is 24.9 Å². The lowest BCUT2D eigenvalue weighted by atomic mass is 10.1. The number of rotatable bonds is 7.